The van der Waals surface area contributed by atoms with Gasteiger partial charge in [-0.2, -0.15) is 0 Å². The number of carbonyl (C=O) groups is 1. The van der Waals surface area contributed by atoms with Crippen molar-refractivity contribution in [3.8, 4) is 0 Å². The molecule has 4 N–H and O–H groups in total. The Morgan fingerprint density at radius 3 is 2.64 bits per heavy atom. The van der Waals surface area contributed by atoms with E-state index in [0.29, 0.717) is 5.02 Å². The summed E-state index contributed by atoms with van der Waals surface area (Å²) < 4.78 is 0. The van der Waals surface area contributed by atoms with Crippen molar-refractivity contribution in [1.82, 2.24) is 4.98 Å². The van der Waals surface area contributed by atoms with Gasteiger partial charge in [-0.3, -0.25) is 4.79 Å². The summed E-state index contributed by atoms with van der Waals surface area (Å²) in [5.74, 6) is -0.122. The van der Waals surface area contributed by atoms with Crippen molar-refractivity contribution in [3.05, 3.63) is 22.8 Å². The molecule has 5 heteroatoms. The number of hydrogen-bond acceptors (Lipinski definition) is 4. The molecule has 0 aromatic carbocycles. The van der Waals surface area contributed by atoms with Crippen LogP contribution in [0.2, 0.25) is 5.02 Å². The van der Waals surface area contributed by atoms with Crippen LogP contribution in [0.15, 0.2) is 12.3 Å². The Kier molecular flexibility index (Phi) is 2.78. The normalized spacial score (nSPS) is 11.4. The fourth-order valence-corrected chi connectivity index (χ4v) is 1.14. The Bertz CT molecular complexity index is 371. The van der Waals surface area contributed by atoms with Crippen LogP contribution in [0.4, 0.5) is 5.82 Å². The summed E-state index contributed by atoms with van der Waals surface area (Å²) in [5, 5.41) is 0.367. The maximum atomic E-state index is 11.7. The van der Waals surface area contributed by atoms with Crippen LogP contribution in [0, 0.1) is 0 Å². The molecule has 1 heterocycles. The Morgan fingerprint density at radius 2 is 2.14 bits per heavy atom. The van der Waals surface area contributed by atoms with Gasteiger partial charge >= 0.3 is 0 Å². The van der Waals surface area contributed by atoms with Crippen LogP contribution in [0.1, 0.15) is 24.2 Å². The number of nitrogen functional groups attached to an aromatic ring is 1. The van der Waals surface area contributed by atoms with E-state index in [0.717, 1.165) is 0 Å². The van der Waals surface area contributed by atoms with Gasteiger partial charge in [0.15, 0.2) is 5.78 Å². The lowest BCUT2D eigenvalue weighted by molar-refractivity contribution is 0.0914. The highest BCUT2D eigenvalue weighted by molar-refractivity contribution is 6.31. The zero-order valence-corrected chi connectivity index (χ0v) is 8.80. The second kappa shape index (κ2) is 3.55. The van der Waals surface area contributed by atoms with E-state index in [1.807, 2.05) is 0 Å². The fourth-order valence-electron chi connectivity index (χ4n) is 0.979. The summed E-state index contributed by atoms with van der Waals surface area (Å²) >= 11 is 5.70. The van der Waals surface area contributed by atoms with Gasteiger partial charge in [0.05, 0.1) is 16.1 Å². The van der Waals surface area contributed by atoms with E-state index < -0.39 is 5.54 Å². The van der Waals surface area contributed by atoms with Gasteiger partial charge in [0, 0.05) is 6.20 Å². The molecule has 1 aromatic rings. The third kappa shape index (κ3) is 2.21. The van der Waals surface area contributed by atoms with Gasteiger partial charge in [0.1, 0.15) is 5.82 Å². The maximum Gasteiger partial charge on any atom is 0.185 e. The third-order valence-electron chi connectivity index (χ3n) is 1.71. The third-order valence-corrected chi connectivity index (χ3v) is 1.92. The van der Waals surface area contributed by atoms with Gasteiger partial charge in [-0.25, -0.2) is 4.98 Å². The molecule has 0 bridgehead atoms. The van der Waals surface area contributed by atoms with Crippen molar-refractivity contribution in [1.29, 1.82) is 0 Å². The van der Waals surface area contributed by atoms with Gasteiger partial charge in [-0.15, -0.1) is 0 Å². The lowest BCUT2D eigenvalue weighted by Crippen LogP contribution is -2.41. The van der Waals surface area contributed by atoms with Crippen LogP contribution in [-0.4, -0.2) is 16.3 Å². The number of carbonyl (C=O) groups excluding carboxylic acids is 1. The van der Waals surface area contributed by atoms with E-state index in [4.69, 9.17) is 23.1 Å². The molecule has 14 heavy (non-hydrogen) atoms. The maximum absolute atomic E-state index is 11.7. The van der Waals surface area contributed by atoms with Crippen molar-refractivity contribution in [3.63, 3.8) is 0 Å². The lowest BCUT2D eigenvalue weighted by Gasteiger charge is -2.17. The quantitative estimate of drug-likeness (QED) is 0.725. The number of anilines is 1. The monoisotopic (exact) mass is 213 g/mol. The number of hydrogen-bond donors (Lipinski definition) is 2. The lowest BCUT2D eigenvalue weighted by atomic mass is 9.95. The summed E-state index contributed by atoms with van der Waals surface area (Å²) in [6, 6.07) is 1.47. The first-order chi connectivity index (χ1) is 6.32. The number of pyridine rings is 1. The van der Waals surface area contributed by atoms with Gasteiger partial charge in [0.2, 0.25) is 0 Å². The molecule has 0 saturated heterocycles. The van der Waals surface area contributed by atoms with Crippen LogP contribution in [-0.2, 0) is 0 Å². The zero-order valence-electron chi connectivity index (χ0n) is 8.04. The highest BCUT2D eigenvalue weighted by Gasteiger charge is 2.25. The summed E-state index contributed by atoms with van der Waals surface area (Å²) in [5.41, 5.74) is 10.5. The van der Waals surface area contributed by atoms with Crippen LogP contribution >= 0.6 is 11.6 Å². The fraction of sp³-hybridized carbons (Fsp3) is 0.333. The van der Waals surface area contributed by atoms with E-state index in [1.54, 1.807) is 13.8 Å². The Morgan fingerprint density at radius 1 is 1.57 bits per heavy atom. The minimum absolute atomic E-state index is 0.151. The molecule has 0 saturated carbocycles. The van der Waals surface area contributed by atoms with Crippen LogP contribution in [0.25, 0.3) is 0 Å². The molecule has 0 aliphatic rings. The van der Waals surface area contributed by atoms with E-state index in [9.17, 15) is 4.79 Å². The van der Waals surface area contributed by atoms with Gasteiger partial charge in [-0.1, -0.05) is 11.6 Å². The second-order valence-corrected chi connectivity index (χ2v) is 4.07. The Hall–Kier alpha value is -1.13. The minimum Gasteiger partial charge on any atom is -0.383 e. The van der Waals surface area contributed by atoms with Crippen molar-refractivity contribution in [2.75, 3.05) is 5.73 Å². The SMILES string of the molecule is CC(C)(N)C(=O)c1cc(Cl)cnc1N. The zero-order chi connectivity index (χ0) is 10.9. The average molecular weight is 214 g/mol. The van der Waals surface area contributed by atoms with Crippen molar-refractivity contribution < 1.29 is 4.79 Å². The molecular formula is C9H12ClN3O. The molecule has 1 rings (SSSR count). The van der Waals surface area contributed by atoms with E-state index in [-0.39, 0.29) is 17.2 Å². The number of nitrogens with two attached hydrogens (primary N) is 2. The molecular weight excluding hydrogens is 202 g/mol. The van der Waals surface area contributed by atoms with Crippen molar-refractivity contribution in [2.24, 2.45) is 5.73 Å². The smallest absolute Gasteiger partial charge is 0.185 e. The Balaban J connectivity index is 3.19. The second-order valence-electron chi connectivity index (χ2n) is 3.64. The molecule has 0 atom stereocenters. The van der Waals surface area contributed by atoms with E-state index in [1.165, 1.54) is 12.3 Å². The van der Waals surface area contributed by atoms with Gasteiger partial charge in [0.25, 0.3) is 0 Å². The highest BCUT2D eigenvalue weighted by atomic mass is 35.5. The summed E-state index contributed by atoms with van der Waals surface area (Å²) in [6.45, 7) is 3.21. The number of halogens is 1. The van der Waals surface area contributed by atoms with Gasteiger partial charge in [-0.05, 0) is 19.9 Å². The molecule has 0 amide bonds. The molecule has 0 radical (unpaired) electrons. The van der Waals surface area contributed by atoms with Gasteiger partial charge < -0.3 is 11.5 Å². The number of rotatable bonds is 2. The first-order valence-electron chi connectivity index (χ1n) is 4.07. The number of nitrogens with zero attached hydrogens (tertiary/aromatic N) is 1. The van der Waals surface area contributed by atoms with E-state index in [2.05, 4.69) is 4.98 Å². The molecule has 0 spiro atoms. The molecule has 1 aromatic heterocycles. The average Bonchev–Trinajstić information content (AvgIpc) is 2.06. The molecule has 0 unspecified atom stereocenters. The molecule has 0 fully saturated rings. The number of Topliss-reactive ketones (excluding diaryl/α,β-unsaturated/α-hetero) is 1. The number of ketones is 1. The molecule has 4 nitrogen and oxygen atoms in total. The van der Waals surface area contributed by atoms with E-state index >= 15 is 0 Å². The van der Waals surface area contributed by atoms with Crippen LogP contribution < -0.4 is 11.5 Å². The topological polar surface area (TPSA) is 82.0 Å². The predicted octanol–water partition coefficient (Wildman–Crippen LogP) is 1.24. The first-order valence-corrected chi connectivity index (χ1v) is 4.45. The van der Waals surface area contributed by atoms with Crippen LogP contribution in [0.5, 0.6) is 0 Å². The van der Waals surface area contributed by atoms with Crippen LogP contribution in [0.3, 0.4) is 0 Å². The molecule has 0 aliphatic carbocycles. The molecule has 0 aliphatic heterocycles. The first kappa shape index (κ1) is 10.9. The summed E-state index contributed by atoms with van der Waals surface area (Å²) in [4.78, 5) is 15.5. The number of aromatic nitrogens is 1. The summed E-state index contributed by atoms with van der Waals surface area (Å²) in [6.07, 6.45) is 1.39. The standard InChI is InChI=1S/C9H12ClN3O/c1-9(2,12)7(14)6-3-5(10)4-13-8(6)11/h3-4H,12H2,1-2H3,(H2,11,13). The van der Waals surface area contributed by atoms with Crippen molar-refractivity contribution in [2.45, 2.75) is 19.4 Å². The molecule has 76 valence electrons. The Labute approximate surface area is 87.3 Å². The van der Waals surface area contributed by atoms with Crippen molar-refractivity contribution >= 4 is 23.2 Å². The minimum atomic E-state index is -0.972. The highest BCUT2D eigenvalue weighted by Crippen LogP contribution is 2.19. The summed E-state index contributed by atoms with van der Waals surface area (Å²) in [7, 11) is 0. The predicted molar refractivity (Wildman–Crippen MR) is 56.3 cm³/mol. The largest absolute Gasteiger partial charge is 0.383 e.